The van der Waals surface area contributed by atoms with Crippen molar-refractivity contribution in [1.82, 2.24) is 0 Å². The number of benzene rings is 2. The van der Waals surface area contributed by atoms with Gasteiger partial charge in [-0.15, -0.1) is 0 Å². The predicted octanol–water partition coefficient (Wildman–Crippen LogP) is 4.71. The zero-order valence-electron chi connectivity index (χ0n) is 13.2. The lowest BCUT2D eigenvalue weighted by Crippen LogP contribution is -2.05. The van der Waals surface area contributed by atoms with E-state index in [0.29, 0.717) is 18.6 Å². The molecule has 0 aliphatic rings. The number of unbranched alkanes of at least 4 members (excludes halogenated alkanes) is 1. The normalized spacial score (nSPS) is 12.2. The molecule has 0 radical (unpaired) electrons. The van der Waals surface area contributed by atoms with Gasteiger partial charge in [0.15, 0.2) is 0 Å². The summed E-state index contributed by atoms with van der Waals surface area (Å²) >= 11 is 0. The van der Waals surface area contributed by atoms with Crippen LogP contribution in [0, 0.1) is 0 Å². The SMILES string of the molecule is O=S(=O)(O)CCCCc1ccccc1Oc1cccc(C(F)(F)F)c1. The van der Waals surface area contributed by atoms with Crippen LogP contribution in [0.4, 0.5) is 13.2 Å². The number of ether oxygens (including phenoxy) is 1. The molecule has 0 saturated heterocycles. The Labute approximate surface area is 144 Å². The van der Waals surface area contributed by atoms with Crippen molar-refractivity contribution in [2.75, 3.05) is 5.75 Å². The fourth-order valence-electron chi connectivity index (χ4n) is 2.27. The Hall–Kier alpha value is -2.06. The summed E-state index contributed by atoms with van der Waals surface area (Å²) in [6.45, 7) is 0. The van der Waals surface area contributed by atoms with E-state index in [2.05, 4.69) is 0 Å². The quantitative estimate of drug-likeness (QED) is 0.563. The third-order valence-corrected chi connectivity index (χ3v) is 4.26. The van der Waals surface area contributed by atoms with Gasteiger partial charge in [0.2, 0.25) is 0 Å². The molecule has 0 aliphatic carbocycles. The molecule has 0 aliphatic heterocycles. The second-order valence-electron chi connectivity index (χ2n) is 5.48. The molecule has 0 aromatic heterocycles. The van der Waals surface area contributed by atoms with Gasteiger partial charge in [0.25, 0.3) is 10.1 Å². The van der Waals surface area contributed by atoms with E-state index in [0.717, 1.165) is 17.7 Å². The van der Waals surface area contributed by atoms with Crippen molar-refractivity contribution in [3.05, 3.63) is 59.7 Å². The molecule has 0 fully saturated rings. The fraction of sp³-hybridized carbons (Fsp3) is 0.294. The van der Waals surface area contributed by atoms with Crippen molar-refractivity contribution in [1.29, 1.82) is 0 Å². The average molecular weight is 374 g/mol. The number of hydrogen-bond donors (Lipinski definition) is 1. The minimum atomic E-state index is -4.45. The molecule has 136 valence electrons. The van der Waals surface area contributed by atoms with Gasteiger partial charge in [0.1, 0.15) is 11.5 Å². The lowest BCUT2D eigenvalue weighted by atomic mass is 10.1. The van der Waals surface area contributed by atoms with Crippen molar-refractivity contribution in [3.63, 3.8) is 0 Å². The Bertz CT molecular complexity index is 817. The van der Waals surface area contributed by atoms with E-state index in [1.807, 2.05) is 0 Å². The summed E-state index contributed by atoms with van der Waals surface area (Å²) in [6, 6.07) is 11.5. The van der Waals surface area contributed by atoms with Crippen LogP contribution in [0.15, 0.2) is 48.5 Å². The molecular formula is C17H17F3O4S. The maximum atomic E-state index is 12.8. The van der Waals surface area contributed by atoms with Gasteiger partial charge in [-0.05, 0) is 49.1 Å². The zero-order chi connectivity index (χ0) is 18.5. The summed E-state index contributed by atoms with van der Waals surface area (Å²) in [7, 11) is -3.99. The second kappa shape index (κ2) is 7.88. The van der Waals surface area contributed by atoms with Crippen LogP contribution in [0.2, 0.25) is 0 Å². The highest BCUT2D eigenvalue weighted by Crippen LogP contribution is 2.33. The molecule has 0 spiro atoms. The topological polar surface area (TPSA) is 63.6 Å². The summed E-state index contributed by atoms with van der Waals surface area (Å²) < 4.78 is 74.0. The van der Waals surface area contributed by atoms with Gasteiger partial charge in [-0.3, -0.25) is 4.55 Å². The van der Waals surface area contributed by atoms with E-state index in [1.165, 1.54) is 12.1 Å². The lowest BCUT2D eigenvalue weighted by molar-refractivity contribution is -0.137. The number of halogens is 3. The van der Waals surface area contributed by atoms with Crippen molar-refractivity contribution < 1.29 is 30.9 Å². The highest BCUT2D eigenvalue weighted by atomic mass is 32.2. The number of rotatable bonds is 7. The monoisotopic (exact) mass is 374 g/mol. The molecule has 0 unspecified atom stereocenters. The second-order valence-corrected chi connectivity index (χ2v) is 7.05. The van der Waals surface area contributed by atoms with Crippen LogP contribution in [0.5, 0.6) is 11.5 Å². The Balaban J connectivity index is 2.08. The van der Waals surface area contributed by atoms with Gasteiger partial charge in [-0.1, -0.05) is 24.3 Å². The van der Waals surface area contributed by atoms with Crippen molar-refractivity contribution >= 4 is 10.1 Å². The van der Waals surface area contributed by atoms with Crippen LogP contribution in [-0.2, 0) is 22.7 Å². The Kier molecular flexibility index (Phi) is 6.07. The molecule has 0 bridgehead atoms. The minimum Gasteiger partial charge on any atom is -0.457 e. The Morgan fingerprint density at radius 2 is 1.72 bits per heavy atom. The zero-order valence-corrected chi connectivity index (χ0v) is 14.0. The van der Waals surface area contributed by atoms with E-state index in [-0.39, 0.29) is 17.9 Å². The van der Waals surface area contributed by atoms with Crippen molar-refractivity contribution in [2.24, 2.45) is 0 Å². The van der Waals surface area contributed by atoms with Crippen molar-refractivity contribution in [2.45, 2.75) is 25.4 Å². The van der Waals surface area contributed by atoms with Gasteiger partial charge >= 0.3 is 6.18 Å². The Morgan fingerprint density at radius 3 is 2.40 bits per heavy atom. The molecule has 4 nitrogen and oxygen atoms in total. The highest BCUT2D eigenvalue weighted by molar-refractivity contribution is 7.85. The number of aryl methyl sites for hydroxylation is 1. The van der Waals surface area contributed by atoms with Gasteiger partial charge in [-0.25, -0.2) is 0 Å². The van der Waals surface area contributed by atoms with E-state index >= 15 is 0 Å². The first-order chi connectivity index (χ1) is 11.6. The predicted molar refractivity (Wildman–Crippen MR) is 87.3 cm³/mol. The third-order valence-electron chi connectivity index (χ3n) is 3.46. The molecule has 25 heavy (non-hydrogen) atoms. The van der Waals surface area contributed by atoms with E-state index in [1.54, 1.807) is 24.3 Å². The Morgan fingerprint density at radius 1 is 1.00 bits per heavy atom. The largest absolute Gasteiger partial charge is 0.457 e. The molecule has 0 saturated carbocycles. The highest BCUT2D eigenvalue weighted by Gasteiger charge is 2.30. The summed E-state index contributed by atoms with van der Waals surface area (Å²) in [4.78, 5) is 0. The third kappa shape index (κ3) is 6.39. The molecule has 0 amide bonds. The number of para-hydroxylation sites is 1. The first kappa shape index (κ1) is 19.3. The molecule has 2 aromatic rings. The maximum absolute atomic E-state index is 12.8. The number of alkyl halides is 3. The van der Waals surface area contributed by atoms with Crippen LogP contribution < -0.4 is 4.74 Å². The molecule has 2 rings (SSSR count). The first-order valence-corrected chi connectivity index (χ1v) is 9.14. The van der Waals surface area contributed by atoms with Crippen LogP contribution in [-0.4, -0.2) is 18.7 Å². The summed E-state index contributed by atoms with van der Waals surface area (Å²) in [5, 5.41) is 0. The standard InChI is InChI=1S/C17H17F3O4S/c18-17(19,20)14-8-5-9-15(12-14)24-16-10-2-1-6-13(16)7-3-4-11-25(21,22)23/h1-2,5-6,8-10,12H,3-4,7,11H2,(H,21,22,23). The molecule has 2 aromatic carbocycles. The van der Waals surface area contributed by atoms with Crippen LogP contribution in [0.25, 0.3) is 0 Å². The summed E-state index contributed by atoms with van der Waals surface area (Å²) in [5.74, 6) is 0.151. The average Bonchev–Trinajstić information content (AvgIpc) is 2.51. The van der Waals surface area contributed by atoms with E-state index in [9.17, 15) is 21.6 Å². The van der Waals surface area contributed by atoms with Gasteiger partial charge in [0.05, 0.1) is 11.3 Å². The summed E-state index contributed by atoms with van der Waals surface area (Å²) in [5.41, 5.74) is -0.0501. The molecule has 8 heteroatoms. The first-order valence-electron chi connectivity index (χ1n) is 7.53. The van der Waals surface area contributed by atoms with E-state index in [4.69, 9.17) is 9.29 Å². The maximum Gasteiger partial charge on any atom is 0.416 e. The molecule has 1 N–H and O–H groups in total. The summed E-state index contributed by atoms with van der Waals surface area (Å²) in [6.07, 6.45) is -3.21. The van der Waals surface area contributed by atoms with Crippen LogP contribution in [0.1, 0.15) is 24.0 Å². The molecular weight excluding hydrogens is 357 g/mol. The number of hydrogen-bond acceptors (Lipinski definition) is 3. The van der Waals surface area contributed by atoms with Gasteiger partial charge in [-0.2, -0.15) is 21.6 Å². The van der Waals surface area contributed by atoms with E-state index < -0.39 is 21.9 Å². The van der Waals surface area contributed by atoms with Crippen LogP contribution >= 0.6 is 0 Å². The lowest BCUT2D eigenvalue weighted by Gasteiger charge is -2.13. The van der Waals surface area contributed by atoms with Gasteiger partial charge in [0, 0.05) is 0 Å². The minimum absolute atomic E-state index is 0.0696. The smallest absolute Gasteiger partial charge is 0.416 e. The molecule has 0 atom stereocenters. The molecule has 0 heterocycles. The van der Waals surface area contributed by atoms with Gasteiger partial charge < -0.3 is 4.74 Å². The fourth-order valence-corrected chi connectivity index (χ4v) is 2.84. The van der Waals surface area contributed by atoms with Crippen LogP contribution in [0.3, 0.4) is 0 Å². The van der Waals surface area contributed by atoms with Crippen molar-refractivity contribution in [3.8, 4) is 11.5 Å².